The molecule has 0 atom stereocenters. The van der Waals surface area contributed by atoms with Crippen LogP contribution in [0, 0.1) is 0 Å². The van der Waals surface area contributed by atoms with Crippen LogP contribution < -0.4 is 10.1 Å². The summed E-state index contributed by atoms with van der Waals surface area (Å²) in [6.45, 7) is 7.11. The normalized spacial score (nSPS) is 11.6. The topological polar surface area (TPSA) is 56.2 Å². The van der Waals surface area contributed by atoms with Crippen LogP contribution in [0.25, 0.3) is 23.4 Å². The van der Waals surface area contributed by atoms with Gasteiger partial charge in [-0.05, 0) is 58.5 Å². The molecule has 0 bridgehead atoms. The summed E-state index contributed by atoms with van der Waals surface area (Å²) in [4.78, 5) is 17.7. The van der Waals surface area contributed by atoms with Crippen LogP contribution in [0.15, 0.2) is 72.9 Å². The van der Waals surface area contributed by atoms with Crippen molar-refractivity contribution in [3.63, 3.8) is 0 Å². The Bertz CT molecular complexity index is 1430. The average Bonchev–Trinajstić information content (AvgIpc) is 3.28. The molecule has 0 aliphatic carbocycles. The Morgan fingerprint density at radius 2 is 1.71 bits per heavy atom. The maximum absolute atomic E-state index is 12.9. The fourth-order valence-electron chi connectivity index (χ4n) is 3.94. The zero-order valence-electron chi connectivity index (χ0n) is 22.0. The van der Waals surface area contributed by atoms with Gasteiger partial charge in [0, 0.05) is 23.3 Å². The van der Waals surface area contributed by atoms with Crippen LogP contribution in [0.2, 0.25) is 10.0 Å². The van der Waals surface area contributed by atoms with E-state index in [1.54, 1.807) is 19.2 Å². The monoisotopic (exact) mass is 547 g/mol. The summed E-state index contributed by atoms with van der Waals surface area (Å²) in [6, 6.07) is 21.3. The number of amides is 1. The molecule has 3 aromatic carbocycles. The molecular weight excluding hydrogens is 517 g/mol. The van der Waals surface area contributed by atoms with Crippen molar-refractivity contribution in [1.82, 2.24) is 14.9 Å². The lowest BCUT2D eigenvalue weighted by Crippen LogP contribution is -2.27. The van der Waals surface area contributed by atoms with E-state index in [2.05, 4.69) is 50.4 Å². The minimum absolute atomic E-state index is 0.0869. The third-order valence-electron chi connectivity index (χ3n) is 6.18. The van der Waals surface area contributed by atoms with Gasteiger partial charge in [0.05, 0.1) is 17.8 Å². The largest absolute Gasteiger partial charge is 0.497 e. The quantitative estimate of drug-likeness (QED) is 0.246. The van der Waals surface area contributed by atoms with Crippen LogP contribution in [0.3, 0.4) is 0 Å². The summed E-state index contributed by atoms with van der Waals surface area (Å²) in [5.41, 5.74) is 4.77. The number of carbonyl (C=O) groups excluding carboxylic acids is 1. The number of imidazole rings is 1. The maximum Gasteiger partial charge on any atom is 0.240 e. The minimum Gasteiger partial charge on any atom is -0.497 e. The number of hydrogen-bond donors (Lipinski definition) is 1. The van der Waals surface area contributed by atoms with E-state index in [4.69, 9.17) is 32.9 Å². The van der Waals surface area contributed by atoms with Crippen LogP contribution >= 0.6 is 23.2 Å². The van der Waals surface area contributed by atoms with Crippen molar-refractivity contribution in [2.24, 2.45) is 0 Å². The second-order valence-electron chi connectivity index (χ2n) is 10.1. The summed E-state index contributed by atoms with van der Waals surface area (Å²) in [5, 5.41) is 4.06. The van der Waals surface area contributed by atoms with Crippen LogP contribution in [0.5, 0.6) is 5.75 Å². The molecule has 0 saturated heterocycles. The predicted octanol–water partition coefficient (Wildman–Crippen LogP) is 7.65. The van der Waals surface area contributed by atoms with Crippen molar-refractivity contribution >= 4 is 41.3 Å². The second-order valence-corrected chi connectivity index (χ2v) is 10.9. The Morgan fingerprint density at radius 3 is 2.34 bits per heavy atom. The Labute approximate surface area is 234 Å². The van der Waals surface area contributed by atoms with Crippen LogP contribution in [0.4, 0.5) is 0 Å². The molecule has 0 saturated carbocycles. The third-order valence-corrected chi connectivity index (χ3v) is 6.73. The summed E-state index contributed by atoms with van der Waals surface area (Å²) in [7, 11) is 1.64. The minimum atomic E-state index is -0.116. The Morgan fingerprint density at radius 1 is 1.00 bits per heavy atom. The lowest BCUT2D eigenvalue weighted by Gasteiger charge is -2.19. The highest BCUT2D eigenvalue weighted by Crippen LogP contribution is 2.30. The number of rotatable bonds is 8. The fourth-order valence-corrected chi connectivity index (χ4v) is 4.44. The van der Waals surface area contributed by atoms with E-state index < -0.39 is 0 Å². The molecule has 0 aliphatic heterocycles. The van der Waals surface area contributed by atoms with Gasteiger partial charge in [0.15, 0.2) is 0 Å². The molecule has 1 N–H and O–H groups in total. The zero-order chi connectivity index (χ0) is 27.3. The van der Waals surface area contributed by atoms with Gasteiger partial charge < -0.3 is 14.6 Å². The third kappa shape index (κ3) is 7.06. The zero-order valence-corrected chi connectivity index (χ0v) is 23.5. The number of halogens is 2. The molecule has 1 aromatic heterocycles. The first-order valence-electron chi connectivity index (χ1n) is 12.3. The van der Waals surface area contributed by atoms with Crippen LogP contribution in [-0.2, 0) is 23.3 Å². The second kappa shape index (κ2) is 11.9. The summed E-state index contributed by atoms with van der Waals surface area (Å²) >= 11 is 12.5. The molecule has 1 amide bonds. The molecule has 7 heteroatoms. The van der Waals surface area contributed by atoms with Gasteiger partial charge in [0.25, 0.3) is 0 Å². The number of nitrogens with zero attached hydrogens (tertiary/aromatic N) is 2. The molecule has 4 rings (SSSR count). The Balaban J connectivity index is 1.53. The molecule has 5 nitrogen and oxygen atoms in total. The molecule has 0 radical (unpaired) electrons. The molecule has 0 fully saturated rings. The molecule has 0 spiro atoms. The summed E-state index contributed by atoms with van der Waals surface area (Å²) in [6.07, 6.45) is 5.66. The molecular formula is C31H31Cl2N3O2. The highest BCUT2D eigenvalue weighted by atomic mass is 35.5. The molecule has 196 valence electrons. The first kappa shape index (κ1) is 27.5. The van der Waals surface area contributed by atoms with E-state index in [-0.39, 0.29) is 17.9 Å². The van der Waals surface area contributed by atoms with E-state index in [9.17, 15) is 4.79 Å². The van der Waals surface area contributed by atoms with Crippen LogP contribution in [0.1, 0.15) is 43.3 Å². The predicted molar refractivity (Wildman–Crippen MR) is 157 cm³/mol. The number of nitrogens with one attached hydrogen (secondary N) is 1. The van der Waals surface area contributed by atoms with Gasteiger partial charge in [0.1, 0.15) is 18.1 Å². The van der Waals surface area contributed by atoms with Gasteiger partial charge in [0.2, 0.25) is 5.91 Å². The number of carbonyl (C=O) groups is 1. The molecule has 1 heterocycles. The molecule has 0 unspecified atom stereocenters. The lowest BCUT2D eigenvalue weighted by molar-refractivity contribution is -0.121. The van der Waals surface area contributed by atoms with E-state index in [0.29, 0.717) is 28.1 Å². The average molecular weight is 549 g/mol. The van der Waals surface area contributed by atoms with Gasteiger partial charge in [-0.2, -0.15) is 0 Å². The molecule has 0 aliphatic rings. The van der Waals surface area contributed by atoms with Crippen molar-refractivity contribution in [3.05, 3.63) is 105 Å². The lowest BCUT2D eigenvalue weighted by atomic mass is 9.87. The highest BCUT2D eigenvalue weighted by molar-refractivity contribution is 6.36. The maximum atomic E-state index is 12.9. The van der Waals surface area contributed by atoms with E-state index in [0.717, 1.165) is 22.4 Å². The molecule has 38 heavy (non-hydrogen) atoms. The first-order chi connectivity index (χ1) is 18.1. The number of hydrogen-bond acceptors (Lipinski definition) is 3. The van der Waals surface area contributed by atoms with E-state index in [1.807, 2.05) is 53.2 Å². The van der Waals surface area contributed by atoms with Gasteiger partial charge in [-0.1, -0.05) is 86.4 Å². The van der Waals surface area contributed by atoms with Crippen molar-refractivity contribution < 1.29 is 9.53 Å². The SMILES string of the molecule is COc1ccc(C=Cc2nc(-c3ccc(Cl)cc3Cl)cn2CC(=O)NCc2ccc(C(C)(C)C)cc2)cc1. The van der Waals surface area contributed by atoms with Crippen molar-refractivity contribution in [2.75, 3.05) is 7.11 Å². The van der Waals surface area contributed by atoms with Gasteiger partial charge in [-0.25, -0.2) is 4.98 Å². The van der Waals surface area contributed by atoms with Gasteiger partial charge >= 0.3 is 0 Å². The number of aromatic nitrogens is 2. The summed E-state index contributed by atoms with van der Waals surface area (Å²) < 4.78 is 7.05. The van der Waals surface area contributed by atoms with Gasteiger partial charge in [-0.15, -0.1) is 0 Å². The van der Waals surface area contributed by atoms with Crippen LogP contribution in [-0.4, -0.2) is 22.6 Å². The van der Waals surface area contributed by atoms with Crippen molar-refractivity contribution in [2.45, 2.75) is 39.3 Å². The van der Waals surface area contributed by atoms with E-state index in [1.165, 1.54) is 5.56 Å². The number of ether oxygens (including phenoxy) is 1. The standard InChI is InChI=1S/C31H31Cl2N3O2/c1-31(2,3)23-10-5-22(6-11-23)18-34-30(37)20-36-19-28(26-15-12-24(32)17-27(26)33)35-29(36)16-9-21-7-13-25(38-4)14-8-21/h5-17,19H,18,20H2,1-4H3,(H,34,37). The Hall–Kier alpha value is -3.54. The highest BCUT2D eigenvalue weighted by Gasteiger charge is 2.15. The van der Waals surface area contributed by atoms with Crippen molar-refractivity contribution in [1.29, 1.82) is 0 Å². The van der Waals surface area contributed by atoms with Crippen molar-refractivity contribution in [3.8, 4) is 17.0 Å². The number of methoxy groups -OCH3 is 1. The van der Waals surface area contributed by atoms with E-state index >= 15 is 0 Å². The van der Waals surface area contributed by atoms with Gasteiger partial charge in [-0.3, -0.25) is 4.79 Å². The smallest absolute Gasteiger partial charge is 0.240 e. The number of benzene rings is 3. The molecule has 4 aromatic rings. The first-order valence-corrected chi connectivity index (χ1v) is 13.1. The fraction of sp³-hybridized carbons (Fsp3) is 0.226. The Kier molecular flexibility index (Phi) is 8.60. The summed E-state index contributed by atoms with van der Waals surface area (Å²) in [5.74, 6) is 1.30.